The molecule has 126 valence electrons. The van der Waals surface area contributed by atoms with E-state index in [4.69, 9.17) is 5.11 Å². The Morgan fingerprint density at radius 2 is 1.78 bits per heavy atom. The zero-order valence-corrected chi connectivity index (χ0v) is 13.6. The van der Waals surface area contributed by atoms with Crippen molar-refractivity contribution in [2.24, 2.45) is 5.92 Å². The summed E-state index contributed by atoms with van der Waals surface area (Å²) in [6.07, 6.45) is 5.39. The van der Waals surface area contributed by atoms with Crippen LogP contribution in [0, 0.1) is 5.92 Å². The van der Waals surface area contributed by atoms with Crippen LogP contribution in [0.4, 0.5) is 0 Å². The van der Waals surface area contributed by atoms with Crippen LogP contribution < -0.4 is 10.6 Å². The van der Waals surface area contributed by atoms with Gasteiger partial charge in [-0.1, -0.05) is 37.3 Å². The highest BCUT2D eigenvalue weighted by Crippen LogP contribution is 2.01. The van der Waals surface area contributed by atoms with Gasteiger partial charge in [0.05, 0.1) is 0 Å². The van der Waals surface area contributed by atoms with Crippen LogP contribution in [0.25, 0.3) is 6.08 Å². The molecule has 1 atom stereocenters. The first kappa shape index (κ1) is 18.9. The minimum atomic E-state index is -0.164. The Morgan fingerprint density at radius 3 is 2.43 bits per heavy atom. The monoisotopic (exact) mass is 318 g/mol. The molecule has 0 aromatic heterocycles. The van der Waals surface area contributed by atoms with Crippen LogP contribution in [0.15, 0.2) is 36.4 Å². The van der Waals surface area contributed by atoms with Gasteiger partial charge in [-0.25, -0.2) is 0 Å². The number of amides is 2. The lowest BCUT2D eigenvalue weighted by Gasteiger charge is -2.10. The molecule has 0 radical (unpaired) electrons. The molecule has 0 saturated carbocycles. The number of carbonyl (C=O) groups is 2. The molecule has 0 aliphatic rings. The van der Waals surface area contributed by atoms with Crippen molar-refractivity contribution in [3.63, 3.8) is 0 Å². The number of rotatable bonds is 10. The zero-order valence-electron chi connectivity index (χ0n) is 13.6. The molecule has 2 amide bonds. The van der Waals surface area contributed by atoms with Crippen LogP contribution in [0.3, 0.4) is 0 Å². The standard InChI is InChI=1S/C18H26N2O3/c1-15(11-14-21)18(23)20-13-6-5-12-19-17(22)10-9-16-7-3-2-4-8-16/h2-4,7-10,15,21H,5-6,11-14H2,1H3,(H,19,22)(H,20,23). The maximum absolute atomic E-state index is 11.6. The molecular weight excluding hydrogens is 292 g/mol. The molecular formula is C18H26N2O3. The first-order chi connectivity index (χ1) is 11.1. The second-order valence-electron chi connectivity index (χ2n) is 5.45. The number of aliphatic hydroxyl groups is 1. The van der Waals surface area contributed by atoms with Crippen LogP contribution >= 0.6 is 0 Å². The largest absolute Gasteiger partial charge is 0.396 e. The maximum atomic E-state index is 11.6. The Bertz CT molecular complexity index is 500. The predicted octanol–water partition coefficient (Wildman–Crippen LogP) is 1.73. The topological polar surface area (TPSA) is 78.4 Å². The van der Waals surface area contributed by atoms with Gasteiger partial charge in [0.25, 0.3) is 0 Å². The highest BCUT2D eigenvalue weighted by molar-refractivity contribution is 5.91. The van der Waals surface area contributed by atoms with E-state index in [1.54, 1.807) is 13.0 Å². The Hall–Kier alpha value is -2.14. The number of hydrogen-bond donors (Lipinski definition) is 3. The minimum absolute atomic E-state index is 0.0249. The quantitative estimate of drug-likeness (QED) is 0.454. The highest BCUT2D eigenvalue weighted by atomic mass is 16.3. The van der Waals surface area contributed by atoms with Crippen LogP contribution in [-0.2, 0) is 9.59 Å². The summed E-state index contributed by atoms with van der Waals surface area (Å²) in [6.45, 7) is 2.99. The van der Waals surface area contributed by atoms with Crippen LogP contribution in [0.1, 0.15) is 31.7 Å². The maximum Gasteiger partial charge on any atom is 0.243 e. The lowest BCUT2D eigenvalue weighted by atomic mass is 10.1. The number of carbonyl (C=O) groups excluding carboxylic acids is 2. The summed E-state index contributed by atoms with van der Waals surface area (Å²) >= 11 is 0. The van der Waals surface area contributed by atoms with E-state index in [1.165, 1.54) is 6.08 Å². The van der Waals surface area contributed by atoms with Gasteiger partial charge < -0.3 is 15.7 Å². The summed E-state index contributed by atoms with van der Waals surface area (Å²) in [6, 6.07) is 9.65. The van der Waals surface area contributed by atoms with Gasteiger partial charge in [0.15, 0.2) is 0 Å². The normalized spacial score (nSPS) is 12.1. The lowest BCUT2D eigenvalue weighted by molar-refractivity contribution is -0.125. The molecule has 23 heavy (non-hydrogen) atoms. The Balaban J connectivity index is 2.07. The van der Waals surface area contributed by atoms with E-state index < -0.39 is 0 Å². The van der Waals surface area contributed by atoms with Gasteiger partial charge in [-0.3, -0.25) is 9.59 Å². The van der Waals surface area contributed by atoms with Crippen molar-refractivity contribution in [1.29, 1.82) is 0 Å². The first-order valence-electron chi connectivity index (χ1n) is 8.03. The fourth-order valence-corrected chi connectivity index (χ4v) is 1.97. The number of aliphatic hydroxyl groups excluding tert-OH is 1. The number of hydrogen-bond acceptors (Lipinski definition) is 3. The third kappa shape index (κ3) is 8.78. The van der Waals surface area contributed by atoms with E-state index in [0.717, 1.165) is 18.4 Å². The van der Waals surface area contributed by atoms with Crippen molar-refractivity contribution in [2.45, 2.75) is 26.2 Å². The summed E-state index contributed by atoms with van der Waals surface area (Å²) in [4.78, 5) is 23.2. The molecule has 3 N–H and O–H groups in total. The smallest absolute Gasteiger partial charge is 0.243 e. The second-order valence-corrected chi connectivity index (χ2v) is 5.45. The molecule has 5 heteroatoms. The number of benzene rings is 1. The van der Waals surface area contributed by atoms with Crippen molar-refractivity contribution in [2.75, 3.05) is 19.7 Å². The number of unbranched alkanes of at least 4 members (excludes halogenated alkanes) is 1. The van der Waals surface area contributed by atoms with Gasteiger partial charge in [-0.15, -0.1) is 0 Å². The van der Waals surface area contributed by atoms with Gasteiger partial charge in [0, 0.05) is 31.7 Å². The average molecular weight is 318 g/mol. The average Bonchev–Trinajstić information content (AvgIpc) is 2.57. The molecule has 1 rings (SSSR count). The molecule has 0 heterocycles. The molecule has 0 bridgehead atoms. The highest BCUT2D eigenvalue weighted by Gasteiger charge is 2.10. The summed E-state index contributed by atoms with van der Waals surface area (Å²) in [5.41, 5.74) is 0.988. The molecule has 1 unspecified atom stereocenters. The summed E-state index contributed by atoms with van der Waals surface area (Å²) in [7, 11) is 0. The minimum Gasteiger partial charge on any atom is -0.396 e. The Kier molecular flexibility index (Phi) is 9.40. The van der Waals surface area contributed by atoms with Crippen LogP contribution in [0.2, 0.25) is 0 Å². The van der Waals surface area contributed by atoms with E-state index in [0.29, 0.717) is 19.5 Å². The molecule has 0 aliphatic heterocycles. The van der Waals surface area contributed by atoms with E-state index in [1.807, 2.05) is 30.3 Å². The van der Waals surface area contributed by atoms with Crippen molar-refractivity contribution in [1.82, 2.24) is 10.6 Å². The van der Waals surface area contributed by atoms with Crippen molar-refractivity contribution >= 4 is 17.9 Å². The fraction of sp³-hybridized carbons (Fsp3) is 0.444. The van der Waals surface area contributed by atoms with E-state index in [9.17, 15) is 9.59 Å². The third-order valence-electron chi connectivity index (χ3n) is 3.44. The molecule has 1 aromatic carbocycles. The fourth-order valence-electron chi connectivity index (χ4n) is 1.97. The van der Waals surface area contributed by atoms with E-state index in [-0.39, 0.29) is 24.3 Å². The zero-order chi connectivity index (χ0) is 16.9. The van der Waals surface area contributed by atoms with Crippen molar-refractivity contribution < 1.29 is 14.7 Å². The van der Waals surface area contributed by atoms with Crippen LogP contribution in [-0.4, -0.2) is 36.6 Å². The predicted molar refractivity (Wildman–Crippen MR) is 91.6 cm³/mol. The van der Waals surface area contributed by atoms with Gasteiger partial charge in [-0.05, 0) is 30.9 Å². The van der Waals surface area contributed by atoms with Gasteiger partial charge in [0.1, 0.15) is 0 Å². The van der Waals surface area contributed by atoms with Gasteiger partial charge in [-0.2, -0.15) is 0 Å². The van der Waals surface area contributed by atoms with Gasteiger partial charge in [0.2, 0.25) is 11.8 Å². The molecule has 1 aromatic rings. The lowest BCUT2D eigenvalue weighted by Crippen LogP contribution is -2.31. The Labute approximate surface area is 137 Å². The molecule has 0 spiro atoms. The van der Waals surface area contributed by atoms with Crippen molar-refractivity contribution in [3.8, 4) is 0 Å². The molecule has 0 aliphatic carbocycles. The SMILES string of the molecule is CC(CCO)C(=O)NCCCCNC(=O)C=Cc1ccccc1. The number of nitrogens with one attached hydrogen (secondary N) is 2. The third-order valence-corrected chi connectivity index (χ3v) is 3.44. The molecule has 0 saturated heterocycles. The second kappa shape index (κ2) is 11.4. The van der Waals surface area contributed by atoms with Crippen molar-refractivity contribution in [3.05, 3.63) is 42.0 Å². The Morgan fingerprint density at radius 1 is 1.13 bits per heavy atom. The summed E-state index contributed by atoms with van der Waals surface area (Å²) < 4.78 is 0. The summed E-state index contributed by atoms with van der Waals surface area (Å²) in [5.74, 6) is -0.314. The molecule has 0 fully saturated rings. The summed E-state index contributed by atoms with van der Waals surface area (Å²) in [5, 5.41) is 14.4. The van der Waals surface area contributed by atoms with Crippen LogP contribution in [0.5, 0.6) is 0 Å². The van der Waals surface area contributed by atoms with E-state index in [2.05, 4.69) is 10.6 Å². The first-order valence-corrected chi connectivity index (χ1v) is 8.03. The van der Waals surface area contributed by atoms with Gasteiger partial charge >= 0.3 is 0 Å². The van der Waals surface area contributed by atoms with E-state index >= 15 is 0 Å². The molecule has 5 nitrogen and oxygen atoms in total.